The molecule has 0 saturated heterocycles. The first kappa shape index (κ1) is 17.0. The molecule has 0 aliphatic rings. The summed E-state index contributed by atoms with van der Waals surface area (Å²) in [5, 5.41) is 3.01. The third-order valence-corrected chi connectivity index (χ3v) is 3.58. The molecule has 1 amide bonds. The second-order valence-electron chi connectivity index (χ2n) is 5.60. The van der Waals surface area contributed by atoms with E-state index in [-0.39, 0.29) is 11.9 Å². The molecule has 0 heterocycles. The first-order valence-electron chi connectivity index (χ1n) is 7.86. The van der Waals surface area contributed by atoms with Crippen LogP contribution in [-0.4, -0.2) is 37.6 Å². The van der Waals surface area contributed by atoms with Gasteiger partial charge in [-0.25, -0.2) is 0 Å². The maximum atomic E-state index is 12.1. The molecular weight excluding hydrogens is 288 g/mol. The van der Waals surface area contributed by atoms with Crippen LogP contribution in [0.2, 0.25) is 0 Å². The topological polar surface area (TPSA) is 41.6 Å². The first-order chi connectivity index (χ1) is 11.1. The van der Waals surface area contributed by atoms with E-state index in [0.29, 0.717) is 19.7 Å². The van der Waals surface area contributed by atoms with E-state index in [1.165, 1.54) is 0 Å². The maximum Gasteiger partial charge on any atom is 0.234 e. The molecule has 2 aromatic rings. The van der Waals surface area contributed by atoms with Crippen LogP contribution < -0.4 is 10.1 Å². The van der Waals surface area contributed by atoms with E-state index in [1.54, 1.807) is 0 Å². The van der Waals surface area contributed by atoms with Crippen LogP contribution in [-0.2, 0) is 4.79 Å². The number of ether oxygens (including phenoxy) is 1. The highest BCUT2D eigenvalue weighted by Crippen LogP contribution is 2.11. The summed E-state index contributed by atoms with van der Waals surface area (Å²) in [4.78, 5) is 14.0. The van der Waals surface area contributed by atoms with E-state index in [2.05, 4.69) is 5.32 Å². The lowest BCUT2D eigenvalue weighted by Crippen LogP contribution is -2.38. The molecule has 0 spiro atoms. The lowest BCUT2D eigenvalue weighted by atomic mass is 10.1. The minimum absolute atomic E-state index is 0.0117. The van der Waals surface area contributed by atoms with Crippen LogP contribution in [0.25, 0.3) is 0 Å². The average Bonchev–Trinajstić information content (AvgIpc) is 2.56. The molecule has 2 rings (SSSR count). The van der Waals surface area contributed by atoms with Crippen molar-refractivity contribution in [3.8, 4) is 5.75 Å². The number of benzene rings is 2. The lowest BCUT2D eigenvalue weighted by molar-refractivity contribution is -0.122. The Bertz CT molecular complexity index is 587. The second-order valence-corrected chi connectivity index (χ2v) is 5.60. The molecule has 4 nitrogen and oxygen atoms in total. The molecule has 0 fully saturated rings. The van der Waals surface area contributed by atoms with Crippen molar-refractivity contribution in [1.29, 1.82) is 0 Å². The molecule has 0 aliphatic heterocycles. The van der Waals surface area contributed by atoms with Crippen molar-refractivity contribution < 1.29 is 9.53 Å². The molecular formula is C19H24N2O2. The monoisotopic (exact) mass is 312 g/mol. The molecule has 1 atom stereocenters. The molecule has 23 heavy (non-hydrogen) atoms. The number of likely N-dealkylation sites (N-methyl/N-ethyl adjacent to an activating group) is 1. The minimum Gasteiger partial charge on any atom is -0.492 e. The summed E-state index contributed by atoms with van der Waals surface area (Å²) in [6.45, 7) is 3.60. The Morgan fingerprint density at radius 3 is 2.35 bits per heavy atom. The maximum absolute atomic E-state index is 12.1. The van der Waals surface area contributed by atoms with Crippen LogP contribution in [0.5, 0.6) is 5.75 Å². The van der Waals surface area contributed by atoms with Gasteiger partial charge in [-0.15, -0.1) is 0 Å². The van der Waals surface area contributed by atoms with Gasteiger partial charge in [0.2, 0.25) is 5.91 Å². The summed E-state index contributed by atoms with van der Waals surface area (Å²) in [7, 11) is 1.92. The quantitative estimate of drug-likeness (QED) is 0.815. The smallest absolute Gasteiger partial charge is 0.234 e. The van der Waals surface area contributed by atoms with E-state index < -0.39 is 0 Å². The molecule has 0 unspecified atom stereocenters. The normalized spacial score (nSPS) is 12.0. The standard InChI is InChI=1S/C19H24N2O2/c1-16(17-9-5-3-6-10-17)20-19(22)15-21(2)13-14-23-18-11-7-4-8-12-18/h3-12,16H,13-15H2,1-2H3,(H,20,22)/t16-/m1/s1. The number of para-hydroxylation sites is 1. The molecule has 0 bridgehead atoms. The number of hydrogen-bond donors (Lipinski definition) is 1. The van der Waals surface area contributed by atoms with E-state index in [1.807, 2.05) is 79.5 Å². The predicted octanol–water partition coefficient (Wildman–Crippen LogP) is 2.87. The fraction of sp³-hybridized carbons (Fsp3) is 0.316. The fourth-order valence-corrected chi connectivity index (χ4v) is 2.27. The summed E-state index contributed by atoms with van der Waals surface area (Å²) >= 11 is 0. The van der Waals surface area contributed by atoms with Crippen molar-refractivity contribution >= 4 is 5.91 Å². The molecule has 0 radical (unpaired) electrons. The first-order valence-corrected chi connectivity index (χ1v) is 7.86. The lowest BCUT2D eigenvalue weighted by Gasteiger charge is -2.19. The van der Waals surface area contributed by atoms with Crippen LogP contribution in [0.1, 0.15) is 18.5 Å². The highest BCUT2D eigenvalue weighted by Gasteiger charge is 2.11. The van der Waals surface area contributed by atoms with E-state index >= 15 is 0 Å². The van der Waals surface area contributed by atoms with Crippen molar-refractivity contribution in [2.45, 2.75) is 13.0 Å². The Labute approximate surface area is 138 Å². The van der Waals surface area contributed by atoms with E-state index in [4.69, 9.17) is 4.74 Å². The van der Waals surface area contributed by atoms with E-state index in [9.17, 15) is 4.79 Å². The SMILES string of the molecule is C[C@@H](NC(=O)CN(C)CCOc1ccccc1)c1ccccc1. The third-order valence-electron chi connectivity index (χ3n) is 3.58. The summed E-state index contributed by atoms with van der Waals surface area (Å²) in [6, 6.07) is 19.7. The molecule has 2 aromatic carbocycles. The van der Waals surface area contributed by atoms with Crippen molar-refractivity contribution in [2.24, 2.45) is 0 Å². The minimum atomic E-state index is 0.0117. The van der Waals surface area contributed by atoms with Crippen LogP contribution in [0.3, 0.4) is 0 Å². The van der Waals surface area contributed by atoms with Gasteiger partial charge in [-0.2, -0.15) is 0 Å². The molecule has 0 aliphatic carbocycles. The van der Waals surface area contributed by atoms with Crippen LogP contribution >= 0.6 is 0 Å². The van der Waals surface area contributed by atoms with Crippen LogP contribution in [0.15, 0.2) is 60.7 Å². The Morgan fingerprint density at radius 1 is 1.09 bits per heavy atom. The van der Waals surface area contributed by atoms with Crippen molar-refractivity contribution in [3.05, 3.63) is 66.2 Å². The van der Waals surface area contributed by atoms with Gasteiger partial charge in [0.05, 0.1) is 12.6 Å². The van der Waals surface area contributed by atoms with Crippen molar-refractivity contribution in [3.63, 3.8) is 0 Å². The Kier molecular flexibility index (Phi) is 6.63. The third kappa shape index (κ3) is 6.12. The fourth-order valence-electron chi connectivity index (χ4n) is 2.27. The molecule has 1 N–H and O–H groups in total. The van der Waals surface area contributed by atoms with Crippen molar-refractivity contribution in [1.82, 2.24) is 10.2 Å². The largest absolute Gasteiger partial charge is 0.492 e. The van der Waals surface area contributed by atoms with Crippen molar-refractivity contribution in [2.75, 3.05) is 26.7 Å². The molecule has 122 valence electrons. The van der Waals surface area contributed by atoms with Gasteiger partial charge in [0.1, 0.15) is 12.4 Å². The number of carbonyl (C=O) groups is 1. The summed E-state index contributed by atoms with van der Waals surface area (Å²) in [5.74, 6) is 0.867. The number of amides is 1. The molecule has 0 aromatic heterocycles. The molecule has 0 saturated carbocycles. The molecule has 4 heteroatoms. The highest BCUT2D eigenvalue weighted by molar-refractivity contribution is 5.78. The zero-order valence-corrected chi connectivity index (χ0v) is 13.7. The van der Waals surface area contributed by atoms with Gasteiger partial charge >= 0.3 is 0 Å². The number of hydrogen-bond acceptors (Lipinski definition) is 3. The Hall–Kier alpha value is -2.33. The zero-order chi connectivity index (χ0) is 16.5. The number of nitrogens with zero attached hydrogens (tertiary/aromatic N) is 1. The highest BCUT2D eigenvalue weighted by atomic mass is 16.5. The number of carbonyl (C=O) groups excluding carboxylic acids is 1. The van der Waals surface area contributed by atoms with Crippen LogP contribution in [0, 0.1) is 0 Å². The van der Waals surface area contributed by atoms with Gasteiger partial charge in [-0.1, -0.05) is 48.5 Å². The summed E-state index contributed by atoms with van der Waals surface area (Å²) < 4.78 is 5.64. The summed E-state index contributed by atoms with van der Waals surface area (Å²) in [6.07, 6.45) is 0. The Morgan fingerprint density at radius 2 is 1.70 bits per heavy atom. The van der Waals surface area contributed by atoms with Gasteiger partial charge in [0, 0.05) is 6.54 Å². The van der Waals surface area contributed by atoms with Gasteiger partial charge in [0.15, 0.2) is 0 Å². The van der Waals surface area contributed by atoms with Crippen LogP contribution in [0.4, 0.5) is 0 Å². The van der Waals surface area contributed by atoms with Gasteiger partial charge in [-0.3, -0.25) is 9.69 Å². The van der Waals surface area contributed by atoms with Gasteiger partial charge in [-0.05, 0) is 31.7 Å². The van der Waals surface area contributed by atoms with Gasteiger partial charge in [0.25, 0.3) is 0 Å². The Balaban J connectivity index is 1.68. The zero-order valence-electron chi connectivity index (χ0n) is 13.7. The van der Waals surface area contributed by atoms with E-state index in [0.717, 1.165) is 11.3 Å². The second kappa shape index (κ2) is 8.96. The van der Waals surface area contributed by atoms with Gasteiger partial charge < -0.3 is 10.1 Å². The number of rotatable bonds is 8. The summed E-state index contributed by atoms with van der Waals surface area (Å²) in [5.41, 5.74) is 1.11. The number of nitrogens with one attached hydrogen (secondary N) is 1. The average molecular weight is 312 g/mol. The predicted molar refractivity (Wildman–Crippen MR) is 92.4 cm³/mol.